The topological polar surface area (TPSA) is 71.2 Å². The van der Waals surface area contributed by atoms with Crippen molar-refractivity contribution in [1.82, 2.24) is 0 Å². The van der Waals surface area contributed by atoms with Gasteiger partial charge in [0.2, 0.25) is 5.69 Å². The summed E-state index contributed by atoms with van der Waals surface area (Å²) >= 11 is 0. The first-order chi connectivity index (χ1) is 9.16. The molecule has 0 bridgehead atoms. The van der Waals surface area contributed by atoms with Crippen LogP contribution < -0.4 is 35.1 Å². The molecule has 21 heavy (non-hydrogen) atoms. The Balaban J connectivity index is 0.00000200. The van der Waals surface area contributed by atoms with Crippen LogP contribution in [0.2, 0.25) is 0 Å². The molecule has 0 fully saturated rings. The lowest BCUT2D eigenvalue weighted by molar-refractivity contribution is -0.718. The van der Waals surface area contributed by atoms with Crippen LogP contribution in [-0.4, -0.2) is 16.3 Å². The van der Waals surface area contributed by atoms with Crippen LogP contribution in [-0.2, 0) is 6.54 Å². The van der Waals surface area contributed by atoms with Crippen molar-refractivity contribution >= 4 is 0 Å². The minimum Gasteiger partial charge on any atom is -1.00 e. The molecule has 6 heteroatoms. The fourth-order valence-electron chi connectivity index (χ4n) is 1.97. The van der Waals surface area contributed by atoms with E-state index in [-0.39, 0.29) is 36.6 Å². The van der Waals surface area contributed by atoms with E-state index in [2.05, 4.69) is 10.3 Å². The Morgan fingerprint density at radius 3 is 2.33 bits per heavy atom. The molecule has 1 aromatic heterocycles. The van der Waals surface area contributed by atoms with E-state index >= 15 is 0 Å². The van der Waals surface area contributed by atoms with Gasteiger partial charge in [-0.25, -0.2) is 4.98 Å². The third-order valence-corrected chi connectivity index (χ3v) is 3.22. The molecule has 0 amide bonds. The van der Waals surface area contributed by atoms with Crippen LogP contribution in [0.4, 0.5) is 0 Å². The summed E-state index contributed by atoms with van der Waals surface area (Å²) in [6.45, 7) is 2.78. The molecule has 2 atom stereocenters. The minimum absolute atomic E-state index is 0. The molecule has 0 aliphatic rings. The highest BCUT2D eigenvalue weighted by Crippen LogP contribution is 2.18. The number of halogens is 2. The molecule has 116 valence electrons. The summed E-state index contributed by atoms with van der Waals surface area (Å²) in [5.74, 6) is 0.214. The fraction of sp³-hybridized carbons (Fsp3) is 0.267. The Labute approximate surface area is 137 Å². The monoisotopic (exact) mass is 330 g/mol. The van der Waals surface area contributed by atoms with Crippen molar-refractivity contribution in [2.75, 3.05) is 0 Å². The molecule has 0 aliphatic carbocycles. The Bertz CT molecular complexity index is 509. The lowest BCUT2D eigenvalue weighted by Crippen LogP contribution is -3.00. The minimum atomic E-state index is -0.552. The van der Waals surface area contributed by atoms with Gasteiger partial charge in [-0.3, -0.25) is 0 Å². The Hall–Kier alpha value is -1.33. The number of aromatic nitrogens is 1. The van der Waals surface area contributed by atoms with Crippen molar-refractivity contribution in [1.29, 1.82) is 0 Å². The van der Waals surface area contributed by atoms with E-state index in [1.807, 2.05) is 31.3 Å². The first-order valence-electron chi connectivity index (χ1n) is 6.43. The molecular formula is C15H20Cl2N2O2. The average Bonchev–Trinajstić information content (AvgIpc) is 2.46. The van der Waals surface area contributed by atoms with Gasteiger partial charge in [-0.2, -0.15) is 0 Å². The van der Waals surface area contributed by atoms with Gasteiger partial charge in [0.15, 0.2) is 12.7 Å². The number of hydrogen-bond donors (Lipinski definition) is 3. The highest BCUT2D eigenvalue weighted by atomic mass is 35.5. The summed E-state index contributed by atoms with van der Waals surface area (Å²) in [7, 11) is 0. The van der Waals surface area contributed by atoms with E-state index in [0.717, 1.165) is 17.8 Å². The van der Waals surface area contributed by atoms with Crippen LogP contribution in [0.1, 0.15) is 24.3 Å². The zero-order valence-corrected chi connectivity index (χ0v) is 13.2. The molecule has 1 heterocycles. The van der Waals surface area contributed by atoms with Crippen molar-refractivity contribution in [3.8, 4) is 5.75 Å². The van der Waals surface area contributed by atoms with E-state index in [1.54, 1.807) is 24.3 Å². The molecule has 0 aliphatic heterocycles. The number of nitrogens with two attached hydrogens (primary N) is 1. The number of aromatic amines is 1. The highest BCUT2D eigenvalue weighted by Gasteiger charge is 2.19. The van der Waals surface area contributed by atoms with E-state index in [9.17, 15) is 10.2 Å². The lowest BCUT2D eigenvalue weighted by Gasteiger charge is -2.17. The maximum absolute atomic E-state index is 10.2. The second-order valence-electron chi connectivity index (χ2n) is 4.72. The predicted octanol–water partition coefficient (Wildman–Crippen LogP) is -5.60. The maximum Gasteiger partial charge on any atom is 0.234 e. The average molecular weight is 331 g/mol. The summed E-state index contributed by atoms with van der Waals surface area (Å²) in [5, 5.41) is 21.6. The van der Waals surface area contributed by atoms with Crippen LogP contribution in [0, 0.1) is 0 Å². The molecule has 0 spiro atoms. The maximum atomic E-state index is 10.2. The third kappa shape index (κ3) is 5.89. The molecule has 4 nitrogen and oxygen atoms in total. The number of H-pyrrole nitrogens is 1. The molecule has 0 radical (unpaired) electrons. The quantitative estimate of drug-likeness (QED) is 0.511. The van der Waals surface area contributed by atoms with E-state index < -0.39 is 6.10 Å². The fourth-order valence-corrected chi connectivity index (χ4v) is 1.97. The molecule has 5 N–H and O–H groups in total. The smallest absolute Gasteiger partial charge is 0.234 e. The van der Waals surface area contributed by atoms with Gasteiger partial charge in [0, 0.05) is 12.1 Å². The summed E-state index contributed by atoms with van der Waals surface area (Å²) in [5.41, 5.74) is 1.94. The SMILES string of the molecule is CC([NH2+]Cc1cccc[nH+]1)C(O)c1ccc(O)cc1.[Cl-].[Cl-]. The molecule has 2 unspecified atom stereocenters. The molecular weight excluding hydrogens is 311 g/mol. The van der Waals surface area contributed by atoms with Gasteiger partial charge < -0.3 is 40.3 Å². The summed E-state index contributed by atoms with van der Waals surface area (Å²) in [6, 6.07) is 12.7. The third-order valence-electron chi connectivity index (χ3n) is 3.22. The summed E-state index contributed by atoms with van der Waals surface area (Å²) in [4.78, 5) is 3.16. The van der Waals surface area contributed by atoms with Gasteiger partial charge in [0.1, 0.15) is 17.9 Å². The van der Waals surface area contributed by atoms with Gasteiger partial charge in [-0.1, -0.05) is 12.1 Å². The predicted molar refractivity (Wildman–Crippen MR) is 71.2 cm³/mol. The van der Waals surface area contributed by atoms with Crippen molar-refractivity contribution in [3.63, 3.8) is 0 Å². The van der Waals surface area contributed by atoms with E-state index in [1.165, 1.54) is 0 Å². The number of phenols is 1. The Kier molecular flexibility index (Phi) is 8.97. The first-order valence-corrected chi connectivity index (χ1v) is 6.43. The molecule has 0 saturated carbocycles. The zero-order valence-electron chi connectivity index (χ0n) is 11.7. The van der Waals surface area contributed by atoms with Gasteiger partial charge in [-0.05, 0) is 30.7 Å². The van der Waals surface area contributed by atoms with Gasteiger partial charge in [0.25, 0.3) is 0 Å². The number of aliphatic hydroxyl groups excluding tert-OH is 1. The summed E-state index contributed by atoms with van der Waals surface area (Å²) in [6.07, 6.45) is 1.34. The molecule has 1 aromatic carbocycles. The molecule has 0 saturated heterocycles. The van der Waals surface area contributed by atoms with E-state index in [0.29, 0.717) is 0 Å². The number of nitrogens with one attached hydrogen (secondary N) is 1. The van der Waals surface area contributed by atoms with Crippen molar-refractivity contribution < 1.29 is 45.3 Å². The van der Waals surface area contributed by atoms with Crippen LogP contribution in [0.5, 0.6) is 5.75 Å². The molecule has 2 rings (SSSR count). The molecule has 2 aromatic rings. The van der Waals surface area contributed by atoms with Gasteiger partial charge in [0.05, 0.1) is 0 Å². The second-order valence-corrected chi connectivity index (χ2v) is 4.72. The van der Waals surface area contributed by atoms with Gasteiger partial charge >= 0.3 is 0 Å². The highest BCUT2D eigenvalue weighted by molar-refractivity contribution is 5.27. The van der Waals surface area contributed by atoms with Crippen LogP contribution in [0.3, 0.4) is 0 Å². The zero-order chi connectivity index (χ0) is 13.7. The number of hydrogen-bond acceptors (Lipinski definition) is 2. The number of quaternary nitrogens is 1. The van der Waals surface area contributed by atoms with E-state index in [4.69, 9.17) is 0 Å². The van der Waals surface area contributed by atoms with Crippen LogP contribution in [0.25, 0.3) is 0 Å². The number of aliphatic hydroxyl groups is 1. The second kappa shape index (κ2) is 9.58. The number of rotatable bonds is 5. The largest absolute Gasteiger partial charge is 1.00 e. The Morgan fingerprint density at radius 1 is 1.10 bits per heavy atom. The number of pyridine rings is 1. The van der Waals surface area contributed by atoms with Crippen molar-refractivity contribution in [2.24, 2.45) is 0 Å². The standard InChI is InChI=1S/C15H18N2O2.2ClH/c1-11(17-10-13-4-2-3-9-16-13)15(19)12-5-7-14(18)8-6-12;;/h2-9,11,15,17-19H,10H2,1H3;2*1H. The lowest BCUT2D eigenvalue weighted by atomic mass is 10.0. The number of phenolic OH excluding ortho intramolecular Hbond substituents is 1. The van der Waals surface area contributed by atoms with Crippen molar-refractivity contribution in [2.45, 2.75) is 25.6 Å². The summed E-state index contributed by atoms with van der Waals surface area (Å²) < 4.78 is 0. The van der Waals surface area contributed by atoms with Crippen LogP contribution in [0.15, 0.2) is 48.7 Å². The normalized spacial score (nSPS) is 12.7. The van der Waals surface area contributed by atoms with Gasteiger partial charge in [-0.15, -0.1) is 0 Å². The van der Waals surface area contributed by atoms with Crippen molar-refractivity contribution in [3.05, 3.63) is 59.9 Å². The number of aromatic hydroxyl groups is 1. The number of benzene rings is 1. The Morgan fingerprint density at radius 2 is 1.76 bits per heavy atom. The first kappa shape index (κ1) is 19.7. The van der Waals surface area contributed by atoms with Crippen LogP contribution >= 0.6 is 0 Å².